The largest absolute Gasteiger partial charge is 0.322 e. The van der Waals surface area contributed by atoms with E-state index in [1.54, 1.807) is 30.3 Å². The van der Waals surface area contributed by atoms with Gasteiger partial charge in [0.1, 0.15) is 0 Å². The van der Waals surface area contributed by atoms with Crippen molar-refractivity contribution in [2.45, 2.75) is 10.8 Å². The minimum absolute atomic E-state index is 0.213. The molecule has 1 N–H and O–H groups in total. The molecule has 0 spiro atoms. The van der Waals surface area contributed by atoms with Crippen molar-refractivity contribution in [2.24, 2.45) is 0 Å². The van der Waals surface area contributed by atoms with Gasteiger partial charge in [0.25, 0.3) is 5.91 Å². The van der Waals surface area contributed by atoms with Crippen molar-refractivity contribution < 1.29 is 13.2 Å². The monoisotopic (exact) mass is 323 g/mol. The first-order valence-corrected chi connectivity index (χ1v) is 8.59. The number of benzene rings is 2. The summed E-state index contributed by atoms with van der Waals surface area (Å²) in [4.78, 5) is 12.3. The fourth-order valence-electron chi connectivity index (χ4n) is 1.78. The molecule has 0 aliphatic rings. The van der Waals surface area contributed by atoms with E-state index in [0.29, 0.717) is 17.1 Å². The summed E-state index contributed by atoms with van der Waals surface area (Å²) in [5.74, 6) is 0.0681. The van der Waals surface area contributed by atoms with Crippen LogP contribution in [0.15, 0.2) is 53.4 Å². The molecule has 2 aromatic rings. The first-order valence-electron chi connectivity index (χ1n) is 6.16. The van der Waals surface area contributed by atoms with Gasteiger partial charge in [0.05, 0.1) is 4.90 Å². The van der Waals surface area contributed by atoms with Crippen LogP contribution >= 0.6 is 11.6 Å². The molecule has 0 aliphatic carbocycles. The van der Waals surface area contributed by atoms with Crippen LogP contribution in [-0.4, -0.2) is 20.6 Å². The number of hydrogen-bond acceptors (Lipinski definition) is 3. The van der Waals surface area contributed by atoms with Crippen LogP contribution in [-0.2, 0) is 15.7 Å². The summed E-state index contributed by atoms with van der Waals surface area (Å²) in [5, 5.41) is 2.71. The van der Waals surface area contributed by atoms with Crippen molar-refractivity contribution in [3.63, 3.8) is 0 Å². The Bertz CT molecular complexity index is 755. The molecule has 110 valence electrons. The molecule has 1 amide bonds. The molecule has 2 rings (SSSR count). The average Bonchev–Trinajstić information content (AvgIpc) is 2.47. The van der Waals surface area contributed by atoms with Crippen LogP contribution in [0.4, 0.5) is 5.69 Å². The average molecular weight is 324 g/mol. The van der Waals surface area contributed by atoms with Crippen molar-refractivity contribution in [3.8, 4) is 0 Å². The van der Waals surface area contributed by atoms with Crippen molar-refractivity contribution >= 4 is 33.0 Å². The molecule has 4 nitrogen and oxygen atoms in total. The second-order valence-electron chi connectivity index (χ2n) is 4.58. The van der Waals surface area contributed by atoms with E-state index in [4.69, 9.17) is 11.6 Å². The first-order chi connectivity index (χ1) is 9.90. The SMILES string of the molecule is CS(=O)(=O)c1ccc(NC(=O)c2cccc(CCl)c2)cc1. The summed E-state index contributed by atoms with van der Waals surface area (Å²) in [5.41, 5.74) is 1.89. The molecular formula is C15H14ClNO3S. The lowest BCUT2D eigenvalue weighted by Gasteiger charge is -2.07. The lowest BCUT2D eigenvalue weighted by atomic mass is 10.1. The number of carbonyl (C=O) groups excluding carboxylic acids is 1. The Hall–Kier alpha value is -1.85. The fraction of sp³-hybridized carbons (Fsp3) is 0.133. The molecule has 0 bridgehead atoms. The molecule has 0 saturated carbocycles. The van der Waals surface area contributed by atoms with Gasteiger partial charge in [0.2, 0.25) is 0 Å². The second kappa shape index (κ2) is 6.28. The minimum atomic E-state index is -3.24. The van der Waals surface area contributed by atoms with Gasteiger partial charge in [-0.2, -0.15) is 0 Å². The second-order valence-corrected chi connectivity index (χ2v) is 6.87. The zero-order chi connectivity index (χ0) is 15.5. The van der Waals surface area contributed by atoms with Gasteiger partial charge >= 0.3 is 0 Å². The van der Waals surface area contributed by atoms with E-state index in [9.17, 15) is 13.2 Å². The number of rotatable bonds is 4. The summed E-state index contributed by atoms with van der Waals surface area (Å²) in [7, 11) is -3.24. The summed E-state index contributed by atoms with van der Waals surface area (Å²) in [6.07, 6.45) is 1.14. The number of sulfone groups is 1. The van der Waals surface area contributed by atoms with Gasteiger partial charge in [0, 0.05) is 23.4 Å². The topological polar surface area (TPSA) is 63.2 Å². The minimum Gasteiger partial charge on any atom is -0.322 e. The van der Waals surface area contributed by atoms with Crippen LogP contribution in [0.25, 0.3) is 0 Å². The third kappa shape index (κ3) is 4.06. The van der Waals surface area contributed by atoms with E-state index < -0.39 is 9.84 Å². The molecule has 6 heteroatoms. The standard InChI is InChI=1S/C15H14ClNO3S/c1-21(19,20)14-7-5-13(6-8-14)17-15(18)12-4-2-3-11(9-12)10-16/h2-9H,10H2,1H3,(H,17,18). The lowest BCUT2D eigenvalue weighted by Crippen LogP contribution is -2.12. The summed E-state index contributed by atoms with van der Waals surface area (Å²) < 4.78 is 22.7. The smallest absolute Gasteiger partial charge is 0.255 e. The molecule has 0 saturated heterocycles. The Balaban J connectivity index is 2.16. The van der Waals surface area contributed by atoms with Gasteiger partial charge in [0.15, 0.2) is 9.84 Å². The van der Waals surface area contributed by atoms with Crippen molar-refractivity contribution in [1.82, 2.24) is 0 Å². The summed E-state index contributed by atoms with van der Waals surface area (Å²) >= 11 is 5.74. The predicted molar refractivity (Wildman–Crippen MR) is 83.5 cm³/mol. The van der Waals surface area contributed by atoms with Gasteiger partial charge in [-0.3, -0.25) is 4.79 Å². The van der Waals surface area contributed by atoms with Crippen molar-refractivity contribution in [3.05, 3.63) is 59.7 Å². The maximum Gasteiger partial charge on any atom is 0.255 e. The molecule has 0 fully saturated rings. The lowest BCUT2D eigenvalue weighted by molar-refractivity contribution is 0.102. The highest BCUT2D eigenvalue weighted by Gasteiger charge is 2.09. The maximum absolute atomic E-state index is 12.1. The van der Waals surface area contributed by atoms with E-state index in [-0.39, 0.29) is 10.8 Å². The van der Waals surface area contributed by atoms with Gasteiger partial charge in [-0.15, -0.1) is 11.6 Å². The number of hydrogen-bond donors (Lipinski definition) is 1. The van der Waals surface area contributed by atoms with Crippen LogP contribution in [0.3, 0.4) is 0 Å². The number of alkyl halides is 1. The number of carbonyl (C=O) groups is 1. The van der Waals surface area contributed by atoms with Crippen molar-refractivity contribution in [1.29, 1.82) is 0 Å². The number of nitrogens with one attached hydrogen (secondary N) is 1. The maximum atomic E-state index is 12.1. The quantitative estimate of drug-likeness (QED) is 0.879. The van der Waals surface area contributed by atoms with E-state index in [1.807, 2.05) is 6.07 Å². The van der Waals surface area contributed by atoms with Gasteiger partial charge in [-0.25, -0.2) is 8.42 Å². The third-order valence-electron chi connectivity index (χ3n) is 2.88. The normalized spacial score (nSPS) is 11.1. The zero-order valence-electron chi connectivity index (χ0n) is 11.3. The van der Waals surface area contributed by atoms with E-state index in [2.05, 4.69) is 5.32 Å². The highest BCUT2D eigenvalue weighted by Crippen LogP contribution is 2.15. The molecule has 0 unspecified atom stereocenters. The molecule has 21 heavy (non-hydrogen) atoms. The van der Waals surface area contributed by atoms with Crippen LogP contribution in [0.1, 0.15) is 15.9 Å². The Morgan fingerprint density at radius 2 is 1.81 bits per heavy atom. The Kier molecular flexibility index (Phi) is 4.65. The molecule has 0 aliphatic heterocycles. The molecule has 0 atom stereocenters. The molecular weight excluding hydrogens is 310 g/mol. The zero-order valence-corrected chi connectivity index (χ0v) is 12.9. The summed E-state index contributed by atoms with van der Waals surface area (Å²) in [6.45, 7) is 0. The van der Waals surface area contributed by atoms with Crippen LogP contribution in [0.2, 0.25) is 0 Å². The molecule has 0 heterocycles. The number of amides is 1. The first kappa shape index (κ1) is 15.5. The Morgan fingerprint density at radius 1 is 1.14 bits per heavy atom. The fourth-order valence-corrected chi connectivity index (χ4v) is 2.58. The van der Waals surface area contributed by atoms with Crippen LogP contribution < -0.4 is 5.32 Å². The summed E-state index contributed by atoms with van der Waals surface area (Å²) in [6, 6.07) is 13.0. The van der Waals surface area contributed by atoms with E-state index in [0.717, 1.165) is 11.8 Å². The molecule has 0 radical (unpaired) electrons. The van der Waals surface area contributed by atoms with Gasteiger partial charge in [-0.05, 0) is 42.0 Å². The Labute approximate surface area is 128 Å². The Morgan fingerprint density at radius 3 is 2.38 bits per heavy atom. The molecule has 2 aromatic carbocycles. The van der Waals surface area contributed by atoms with Gasteiger partial charge in [-0.1, -0.05) is 12.1 Å². The molecule has 0 aromatic heterocycles. The number of anilines is 1. The van der Waals surface area contributed by atoms with Crippen LogP contribution in [0.5, 0.6) is 0 Å². The van der Waals surface area contributed by atoms with Crippen molar-refractivity contribution in [2.75, 3.05) is 11.6 Å². The van der Waals surface area contributed by atoms with Gasteiger partial charge < -0.3 is 5.32 Å². The predicted octanol–water partition coefficient (Wildman–Crippen LogP) is 3.08. The third-order valence-corrected chi connectivity index (χ3v) is 4.32. The van der Waals surface area contributed by atoms with E-state index >= 15 is 0 Å². The number of halogens is 1. The van der Waals surface area contributed by atoms with E-state index in [1.165, 1.54) is 12.1 Å². The highest BCUT2D eigenvalue weighted by molar-refractivity contribution is 7.90. The van der Waals surface area contributed by atoms with Crippen LogP contribution in [0, 0.1) is 0 Å². The highest BCUT2D eigenvalue weighted by atomic mass is 35.5.